The van der Waals surface area contributed by atoms with E-state index >= 15 is 0 Å². The molecule has 0 radical (unpaired) electrons. The number of nitrogens with one attached hydrogen (secondary N) is 5. The van der Waals surface area contributed by atoms with Gasteiger partial charge >= 0.3 is 0 Å². The molecule has 26 heteroatoms. The molecule has 1 aromatic rings. The molecule has 448 valence electrons. The van der Waals surface area contributed by atoms with Gasteiger partial charge in [-0.2, -0.15) is 0 Å². The molecular weight excluding hydrogens is 1030 g/mol. The number of ether oxygens (including phenoxy) is 1. The number of unbranched alkanes of at least 4 members (excludes halogenated alkanes) is 12. The average Bonchev–Trinajstić information content (AvgIpc) is 3.96. The standard InChI is InChI=1S/C53H89N9O17/c1-4-5-6-7-8-9-10-11-12-13-14-15-16-17-39(69)56-33-26-38(68)51(79-23-22-55)60-50(76)43-44(70)29(2)27-62(43)53(78)41(36(66)20-21-54)58-49(75)42(46(72)45(71)31-18-19-35(65)37(67)24-31)59-48(74)34-25-32(64)28-61(34)52(77)40(30(3)63)57-47(33)73/h18-19,24,29-30,32-34,36,38,40-46,51,63-68,70-72H,4-17,20-23,25-28,54-55H2,1-3H3,(H,56,69)(H,57,73)(H,58,75)(H,59,74)(H,60,76). The van der Waals surface area contributed by atoms with Crippen LogP contribution in [0.25, 0.3) is 0 Å². The first-order valence-electron chi connectivity index (χ1n) is 28.0. The second kappa shape index (κ2) is 32.8. The quantitative estimate of drug-likeness (QED) is 0.0351. The Morgan fingerprint density at radius 1 is 0.709 bits per heavy atom. The first-order chi connectivity index (χ1) is 37.6. The third kappa shape index (κ3) is 19.2. The molecule has 15 unspecified atom stereocenters. The van der Waals surface area contributed by atoms with E-state index in [4.69, 9.17) is 16.2 Å². The Bertz CT molecular complexity index is 2140. The van der Waals surface area contributed by atoms with Crippen molar-refractivity contribution in [2.45, 2.75) is 215 Å². The second-order valence-corrected chi connectivity index (χ2v) is 21.3. The summed E-state index contributed by atoms with van der Waals surface area (Å²) in [6, 6.07) is -8.69. The van der Waals surface area contributed by atoms with Crippen LogP contribution in [0.4, 0.5) is 0 Å². The summed E-state index contributed by atoms with van der Waals surface area (Å²) in [6.07, 6.45) is -2.80. The van der Waals surface area contributed by atoms with Crippen molar-refractivity contribution in [2.75, 3.05) is 32.8 Å². The summed E-state index contributed by atoms with van der Waals surface area (Å²) >= 11 is 0. The number of fused-ring (bicyclic) bond motifs is 2. The number of hydrogen-bond acceptors (Lipinski definition) is 19. The summed E-state index contributed by atoms with van der Waals surface area (Å²) in [7, 11) is 0. The number of aliphatic hydroxyl groups excluding tert-OH is 7. The van der Waals surface area contributed by atoms with E-state index in [1.165, 1.54) is 51.9 Å². The molecule has 0 saturated carbocycles. The molecule has 79 heavy (non-hydrogen) atoms. The normalized spacial score (nSPS) is 28.3. The van der Waals surface area contributed by atoms with Crippen molar-refractivity contribution in [1.82, 2.24) is 36.4 Å². The van der Waals surface area contributed by atoms with Crippen molar-refractivity contribution in [2.24, 2.45) is 17.4 Å². The Labute approximate surface area is 461 Å². The van der Waals surface area contributed by atoms with Crippen LogP contribution in [0.15, 0.2) is 18.2 Å². The highest BCUT2D eigenvalue weighted by molar-refractivity contribution is 5.98. The van der Waals surface area contributed by atoms with Gasteiger partial charge in [-0.1, -0.05) is 97.0 Å². The number of aliphatic hydroxyl groups is 7. The molecule has 3 saturated heterocycles. The van der Waals surface area contributed by atoms with Crippen LogP contribution in [0.3, 0.4) is 0 Å². The van der Waals surface area contributed by atoms with Crippen molar-refractivity contribution in [3.05, 3.63) is 23.8 Å². The van der Waals surface area contributed by atoms with Crippen LogP contribution in [0.5, 0.6) is 11.5 Å². The van der Waals surface area contributed by atoms with Crippen LogP contribution in [-0.2, 0) is 38.3 Å². The molecule has 15 atom stereocenters. The molecule has 7 amide bonds. The van der Waals surface area contributed by atoms with Crippen molar-refractivity contribution in [1.29, 1.82) is 0 Å². The van der Waals surface area contributed by atoms with Gasteiger partial charge in [0, 0.05) is 44.8 Å². The van der Waals surface area contributed by atoms with E-state index in [1.807, 2.05) is 0 Å². The zero-order valence-corrected chi connectivity index (χ0v) is 45.8. The summed E-state index contributed by atoms with van der Waals surface area (Å²) in [5.41, 5.74) is 11.2. The number of nitrogens with zero attached hydrogens (tertiary/aromatic N) is 2. The van der Waals surface area contributed by atoms with Gasteiger partial charge in [0.1, 0.15) is 54.6 Å². The van der Waals surface area contributed by atoms with Crippen molar-refractivity contribution < 1.29 is 84.3 Å². The zero-order valence-electron chi connectivity index (χ0n) is 45.8. The summed E-state index contributed by atoms with van der Waals surface area (Å²) in [5.74, 6) is -10.1. The predicted molar refractivity (Wildman–Crippen MR) is 284 cm³/mol. The minimum absolute atomic E-state index is 0.0488. The van der Waals surface area contributed by atoms with E-state index in [0.29, 0.717) is 12.8 Å². The largest absolute Gasteiger partial charge is 0.504 e. The van der Waals surface area contributed by atoms with Gasteiger partial charge in [0.15, 0.2) is 17.7 Å². The van der Waals surface area contributed by atoms with Crippen LogP contribution < -0.4 is 38.1 Å². The lowest BCUT2D eigenvalue weighted by molar-refractivity contribution is -0.149. The van der Waals surface area contributed by atoms with E-state index in [9.17, 15) is 79.5 Å². The molecule has 0 bridgehead atoms. The highest BCUT2D eigenvalue weighted by atomic mass is 16.5. The number of carbonyl (C=O) groups is 7. The topological polar surface area (TPSA) is 429 Å². The van der Waals surface area contributed by atoms with E-state index in [1.54, 1.807) is 0 Å². The summed E-state index contributed by atoms with van der Waals surface area (Å²) < 4.78 is 5.75. The first-order valence-corrected chi connectivity index (χ1v) is 28.0. The molecule has 4 rings (SSSR count). The van der Waals surface area contributed by atoms with Crippen molar-refractivity contribution in [3.8, 4) is 11.5 Å². The number of rotatable bonds is 25. The van der Waals surface area contributed by atoms with E-state index in [-0.39, 0.29) is 44.6 Å². The van der Waals surface area contributed by atoms with Crippen LogP contribution >= 0.6 is 0 Å². The average molecular weight is 1120 g/mol. The number of carbonyl (C=O) groups excluding carboxylic acids is 7. The molecular formula is C53H89N9O17. The molecule has 26 nitrogen and oxygen atoms in total. The van der Waals surface area contributed by atoms with Gasteiger partial charge in [0.25, 0.3) is 0 Å². The fourth-order valence-electron chi connectivity index (χ4n) is 10.3. The lowest BCUT2D eigenvalue weighted by atomic mass is 9.96. The lowest BCUT2D eigenvalue weighted by Gasteiger charge is -2.35. The highest BCUT2D eigenvalue weighted by Gasteiger charge is 2.50. The Morgan fingerprint density at radius 2 is 1.29 bits per heavy atom. The van der Waals surface area contributed by atoms with E-state index in [2.05, 4.69) is 33.5 Å². The summed E-state index contributed by atoms with van der Waals surface area (Å²) in [5, 5.41) is 112. The van der Waals surface area contributed by atoms with Crippen molar-refractivity contribution >= 4 is 41.4 Å². The monoisotopic (exact) mass is 1120 g/mol. The van der Waals surface area contributed by atoms with Gasteiger partial charge in [-0.25, -0.2) is 0 Å². The Hall–Kier alpha value is -5.29. The second-order valence-electron chi connectivity index (χ2n) is 21.3. The fourth-order valence-corrected chi connectivity index (χ4v) is 10.3. The minimum atomic E-state index is -2.40. The molecule has 0 aromatic heterocycles. The number of hydrogen-bond donors (Lipinski definition) is 16. The molecule has 0 aliphatic carbocycles. The van der Waals surface area contributed by atoms with Gasteiger partial charge in [-0.3, -0.25) is 33.6 Å². The Balaban J connectivity index is 1.74. The first kappa shape index (κ1) is 66.2. The van der Waals surface area contributed by atoms with E-state index < -0.39 is 163 Å². The summed E-state index contributed by atoms with van der Waals surface area (Å²) in [4.78, 5) is 102. The maximum Gasteiger partial charge on any atom is 0.248 e. The SMILES string of the molecule is CCCCCCCCCCCCCCCC(=O)NC1CC(O)C(OCCN)NC(=O)C2C(O)C(C)CN2C(=O)C(C(O)CCN)NC(=O)C(C(O)C(O)c2ccc(O)c(O)c2)NC(=O)C2CC(O)CN2C(=O)C(C(C)O)NC1=O. The molecule has 0 spiro atoms. The van der Waals surface area contributed by atoms with Crippen LogP contribution in [0.2, 0.25) is 0 Å². The van der Waals surface area contributed by atoms with Gasteiger partial charge in [0.2, 0.25) is 41.4 Å². The van der Waals surface area contributed by atoms with Crippen LogP contribution in [0.1, 0.15) is 142 Å². The van der Waals surface area contributed by atoms with E-state index in [0.717, 1.165) is 60.6 Å². The molecule has 3 aliphatic rings. The smallest absolute Gasteiger partial charge is 0.248 e. The molecule has 18 N–H and O–H groups in total. The van der Waals surface area contributed by atoms with Gasteiger partial charge in [-0.05, 0) is 44.0 Å². The Kier molecular flexibility index (Phi) is 27.5. The number of phenolic OH excluding ortho intramolecular Hbond substituents is 2. The van der Waals surface area contributed by atoms with Gasteiger partial charge < -0.3 is 98.5 Å². The number of benzene rings is 1. The van der Waals surface area contributed by atoms with Crippen LogP contribution in [0, 0.1) is 5.92 Å². The molecule has 1 aromatic carbocycles. The summed E-state index contributed by atoms with van der Waals surface area (Å²) in [6.45, 7) is 3.14. The highest BCUT2D eigenvalue weighted by Crippen LogP contribution is 2.31. The van der Waals surface area contributed by atoms with Gasteiger partial charge in [0.05, 0.1) is 31.0 Å². The third-order valence-corrected chi connectivity index (χ3v) is 14.9. The minimum Gasteiger partial charge on any atom is -0.504 e. The number of amides is 7. The molecule has 3 aliphatic heterocycles. The lowest BCUT2D eigenvalue weighted by Crippen LogP contribution is -2.64. The number of aromatic hydroxyl groups is 2. The fraction of sp³-hybridized carbons (Fsp3) is 0.755. The molecule has 3 heterocycles. The number of phenols is 2. The van der Waals surface area contributed by atoms with Gasteiger partial charge in [-0.15, -0.1) is 0 Å². The maximum atomic E-state index is 14.7. The zero-order chi connectivity index (χ0) is 58.5. The Morgan fingerprint density at radius 3 is 1.87 bits per heavy atom. The number of nitrogens with two attached hydrogens (primary N) is 2. The van der Waals surface area contributed by atoms with Crippen LogP contribution in [-0.4, -0.2) is 209 Å². The van der Waals surface area contributed by atoms with Crippen molar-refractivity contribution in [3.63, 3.8) is 0 Å². The molecule has 3 fully saturated rings. The predicted octanol–water partition coefficient (Wildman–Crippen LogP) is -2.65. The third-order valence-electron chi connectivity index (χ3n) is 14.9. The maximum absolute atomic E-state index is 14.7.